The molecule has 4 rings (SSSR count). The van der Waals surface area contributed by atoms with E-state index in [-0.39, 0.29) is 0 Å². The lowest BCUT2D eigenvalue weighted by Gasteiger charge is -2.22. The lowest BCUT2D eigenvalue weighted by Crippen LogP contribution is -2.23. The van der Waals surface area contributed by atoms with Gasteiger partial charge in [0.2, 0.25) is 5.95 Å². The van der Waals surface area contributed by atoms with Crippen molar-refractivity contribution < 1.29 is 0 Å². The second-order valence-corrected chi connectivity index (χ2v) is 8.43. The zero-order valence-electron chi connectivity index (χ0n) is 16.9. The first-order valence-corrected chi connectivity index (χ1v) is 11.0. The molecule has 0 radical (unpaired) electrons. The largest absolute Gasteiger partial charge is 0.351 e. The summed E-state index contributed by atoms with van der Waals surface area (Å²) in [6.45, 7) is 2.74. The zero-order chi connectivity index (χ0) is 20.1. The third-order valence-corrected chi connectivity index (χ3v) is 5.89. The van der Waals surface area contributed by atoms with Crippen LogP contribution in [-0.4, -0.2) is 33.0 Å². The topological polar surface area (TPSA) is 87.7 Å². The number of nitrogens with zero attached hydrogens (tertiary/aromatic N) is 4. The van der Waals surface area contributed by atoms with Gasteiger partial charge in [-0.25, -0.2) is 19.9 Å². The van der Waals surface area contributed by atoms with Crippen molar-refractivity contribution in [2.24, 2.45) is 0 Å². The van der Waals surface area contributed by atoms with Gasteiger partial charge in [-0.3, -0.25) is 0 Å². The van der Waals surface area contributed by atoms with E-state index >= 15 is 0 Å². The number of anilines is 3. The van der Waals surface area contributed by atoms with Crippen LogP contribution in [0.5, 0.6) is 0 Å². The molecule has 7 nitrogen and oxygen atoms in total. The minimum atomic E-state index is 0.480. The summed E-state index contributed by atoms with van der Waals surface area (Å²) in [5, 5.41) is 10.7. The zero-order valence-corrected chi connectivity index (χ0v) is 17.7. The van der Waals surface area contributed by atoms with Crippen LogP contribution in [0.15, 0.2) is 30.5 Å². The van der Waals surface area contributed by atoms with E-state index in [1.54, 1.807) is 11.3 Å². The molecule has 0 saturated heterocycles. The van der Waals surface area contributed by atoms with Crippen molar-refractivity contribution in [2.75, 3.05) is 17.7 Å². The molecule has 3 N–H and O–H groups in total. The lowest BCUT2D eigenvalue weighted by atomic mass is 9.96. The minimum absolute atomic E-state index is 0.480. The highest BCUT2D eigenvalue weighted by atomic mass is 32.1. The Morgan fingerprint density at radius 2 is 1.97 bits per heavy atom. The van der Waals surface area contributed by atoms with Gasteiger partial charge >= 0.3 is 0 Å². The van der Waals surface area contributed by atoms with Gasteiger partial charge in [-0.1, -0.05) is 36.7 Å². The molecular weight excluding hydrogens is 382 g/mol. The minimum Gasteiger partial charge on any atom is -0.351 e. The van der Waals surface area contributed by atoms with Crippen molar-refractivity contribution >= 4 is 28.2 Å². The molecule has 29 heavy (non-hydrogen) atoms. The van der Waals surface area contributed by atoms with E-state index in [1.165, 1.54) is 32.1 Å². The van der Waals surface area contributed by atoms with Crippen LogP contribution in [-0.2, 0) is 6.54 Å². The van der Waals surface area contributed by atoms with Crippen molar-refractivity contribution in [1.82, 2.24) is 25.3 Å². The predicted molar refractivity (Wildman–Crippen MR) is 119 cm³/mol. The lowest BCUT2D eigenvalue weighted by molar-refractivity contribution is 0.461. The van der Waals surface area contributed by atoms with Crippen LogP contribution in [0.4, 0.5) is 16.9 Å². The van der Waals surface area contributed by atoms with Crippen molar-refractivity contribution in [1.29, 1.82) is 0 Å². The molecule has 1 aliphatic carbocycles. The maximum Gasteiger partial charge on any atom is 0.223 e. The normalized spacial score (nSPS) is 14.7. The number of rotatable bonds is 7. The van der Waals surface area contributed by atoms with Gasteiger partial charge in [-0.15, -0.1) is 0 Å². The van der Waals surface area contributed by atoms with Crippen molar-refractivity contribution in [3.05, 3.63) is 41.9 Å². The number of aryl methyl sites for hydroxylation is 1. The average molecular weight is 410 g/mol. The fourth-order valence-electron chi connectivity index (χ4n) is 3.58. The number of thiazole rings is 1. The maximum absolute atomic E-state index is 4.75. The molecule has 8 heteroatoms. The van der Waals surface area contributed by atoms with E-state index in [4.69, 9.17) is 4.98 Å². The molecular formula is C21H27N7S. The van der Waals surface area contributed by atoms with Crippen LogP contribution >= 0.6 is 11.3 Å². The van der Waals surface area contributed by atoms with E-state index in [9.17, 15) is 0 Å². The third kappa shape index (κ3) is 5.27. The van der Waals surface area contributed by atoms with Crippen LogP contribution in [0.3, 0.4) is 0 Å². The van der Waals surface area contributed by atoms with E-state index in [0.717, 1.165) is 45.4 Å². The monoisotopic (exact) mass is 409 g/mol. The van der Waals surface area contributed by atoms with Crippen LogP contribution in [0, 0.1) is 6.92 Å². The molecule has 3 aromatic heterocycles. The Balaban J connectivity index is 1.49. The number of nitrogens with one attached hydrogen (secondary N) is 3. The Bertz CT molecular complexity index is 950. The van der Waals surface area contributed by atoms with E-state index in [2.05, 4.69) is 30.9 Å². The molecule has 0 atom stereocenters. The maximum atomic E-state index is 4.75. The van der Waals surface area contributed by atoms with Gasteiger partial charge in [0.1, 0.15) is 5.82 Å². The summed E-state index contributed by atoms with van der Waals surface area (Å²) in [6, 6.07) is 8.43. The fraction of sp³-hybridized carbons (Fsp3) is 0.429. The van der Waals surface area contributed by atoms with Gasteiger partial charge in [-0.05, 0) is 45.0 Å². The Labute approximate surface area is 175 Å². The molecule has 0 amide bonds. The second-order valence-electron chi connectivity index (χ2n) is 7.40. The summed E-state index contributed by atoms with van der Waals surface area (Å²) in [7, 11) is 1.91. The Hall–Kier alpha value is -2.58. The highest BCUT2D eigenvalue weighted by molar-refractivity contribution is 7.18. The SMILES string of the molecule is CNCc1cccc(Nc2ncc(-c3cc(C)nc(NC4CCCCC4)n3)s2)n1. The van der Waals surface area contributed by atoms with Gasteiger partial charge in [0.05, 0.1) is 16.3 Å². The molecule has 1 aliphatic rings. The van der Waals surface area contributed by atoms with Crippen molar-refractivity contribution in [2.45, 2.75) is 51.6 Å². The summed E-state index contributed by atoms with van der Waals surface area (Å²) in [5.41, 5.74) is 2.84. The second kappa shape index (κ2) is 9.28. The van der Waals surface area contributed by atoms with Crippen molar-refractivity contribution in [3.63, 3.8) is 0 Å². The molecule has 3 aromatic rings. The first-order chi connectivity index (χ1) is 14.2. The number of aromatic nitrogens is 4. The van der Waals surface area contributed by atoms with Crippen molar-refractivity contribution in [3.8, 4) is 10.6 Å². The molecule has 0 spiro atoms. The van der Waals surface area contributed by atoms with Gasteiger partial charge in [-0.2, -0.15) is 0 Å². The third-order valence-electron chi connectivity index (χ3n) is 4.95. The predicted octanol–water partition coefficient (Wildman–Crippen LogP) is 4.51. The quantitative estimate of drug-likeness (QED) is 0.529. The molecule has 0 unspecified atom stereocenters. The highest BCUT2D eigenvalue weighted by Crippen LogP contribution is 2.30. The molecule has 152 valence electrons. The number of hydrogen-bond donors (Lipinski definition) is 3. The van der Waals surface area contributed by atoms with Crippen LogP contribution < -0.4 is 16.0 Å². The van der Waals surface area contributed by atoms with Crippen LogP contribution in [0.2, 0.25) is 0 Å². The molecule has 0 aromatic carbocycles. The first-order valence-electron chi connectivity index (χ1n) is 10.2. The molecule has 1 saturated carbocycles. The van der Waals surface area contributed by atoms with Crippen LogP contribution in [0.1, 0.15) is 43.5 Å². The summed E-state index contributed by atoms with van der Waals surface area (Å²) in [4.78, 5) is 19.4. The summed E-state index contributed by atoms with van der Waals surface area (Å²) >= 11 is 1.57. The van der Waals surface area contributed by atoms with E-state index < -0.39 is 0 Å². The van der Waals surface area contributed by atoms with Gasteiger partial charge in [0.25, 0.3) is 0 Å². The van der Waals surface area contributed by atoms with Gasteiger partial charge < -0.3 is 16.0 Å². The molecule has 3 heterocycles. The number of pyridine rings is 1. The first kappa shape index (κ1) is 19.7. The summed E-state index contributed by atoms with van der Waals surface area (Å²) < 4.78 is 0. The Morgan fingerprint density at radius 1 is 1.10 bits per heavy atom. The Morgan fingerprint density at radius 3 is 2.79 bits per heavy atom. The van der Waals surface area contributed by atoms with Gasteiger partial charge in [0.15, 0.2) is 5.13 Å². The Kier molecular flexibility index (Phi) is 6.31. The van der Waals surface area contributed by atoms with E-state index in [0.29, 0.717) is 6.04 Å². The molecule has 0 aliphatic heterocycles. The fourth-order valence-corrected chi connectivity index (χ4v) is 4.36. The van der Waals surface area contributed by atoms with E-state index in [1.807, 2.05) is 44.4 Å². The molecule has 1 fully saturated rings. The van der Waals surface area contributed by atoms with Crippen LogP contribution in [0.25, 0.3) is 10.6 Å². The summed E-state index contributed by atoms with van der Waals surface area (Å²) in [6.07, 6.45) is 8.15. The standard InChI is InChI=1S/C21H27N7S/c1-14-11-17(27-20(24-14)26-15-7-4-3-5-8-15)18-13-23-21(29-18)28-19-10-6-9-16(25-19)12-22-2/h6,9-11,13,15,22H,3-5,7-8,12H2,1-2H3,(H,23,25,28)(H,24,26,27). The molecule has 0 bridgehead atoms. The highest BCUT2D eigenvalue weighted by Gasteiger charge is 2.15. The van der Waals surface area contributed by atoms with Gasteiger partial charge in [0, 0.05) is 24.5 Å². The summed E-state index contributed by atoms with van der Waals surface area (Å²) in [5.74, 6) is 1.51. The number of hydrogen-bond acceptors (Lipinski definition) is 8. The smallest absolute Gasteiger partial charge is 0.223 e. The average Bonchev–Trinajstić information content (AvgIpc) is 3.17.